The van der Waals surface area contributed by atoms with Gasteiger partial charge in [0, 0.05) is 7.05 Å². The lowest BCUT2D eigenvalue weighted by Gasteiger charge is -2.07. The number of ether oxygens (including phenoxy) is 1. The molecule has 2 aromatic carbocycles. The molecule has 2 aromatic heterocycles. The number of fused-ring (bicyclic) bond motifs is 1. The third-order valence-electron chi connectivity index (χ3n) is 4.42. The van der Waals surface area contributed by atoms with Crippen LogP contribution < -0.4 is 10.3 Å². The number of hydrogen-bond donors (Lipinski definition) is 0. The first-order valence-corrected chi connectivity index (χ1v) is 9.69. The van der Waals surface area contributed by atoms with Gasteiger partial charge in [0.15, 0.2) is 5.69 Å². The van der Waals surface area contributed by atoms with Crippen LogP contribution in [0.15, 0.2) is 63.6 Å². The van der Waals surface area contributed by atoms with Crippen molar-refractivity contribution in [2.45, 2.75) is 13.8 Å². The summed E-state index contributed by atoms with van der Waals surface area (Å²) in [4.78, 5) is 17.3. The molecule has 4 rings (SSSR count). The van der Waals surface area contributed by atoms with Gasteiger partial charge in [0.2, 0.25) is 5.13 Å². The summed E-state index contributed by atoms with van der Waals surface area (Å²) in [5, 5.41) is 8.95. The number of benzene rings is 2. The third-order valence-corrected chi connectivity index (χ3v) is 5.32. The SMILES string of the molecule is CCOc1ccc2nc(N=Nc3c(C)n(C)n(-c4ccccc4)c3=O)sc2c1. The van der Waals surface area contributed by atoms with E-state index in [-0.39, 0.29) is 5.56 Å². The molecule has 0 aliphatic rings. The Morgan fingerprint density at radius 3 is 2.68 bits per heavy atom. The van der Waals surface area contributed by atoms with Crippen LogP contribution in [0.3, 0.4) is 0 Å². The van der Waals surface area contributed by atoms with Crippen LogP contribution in [0.2, 0.25) is 0 Å². The Kier molecular flexibility index (Phi) is 4.79. The van der Waals surface area contributed by atoms with Gasteiger partial charge >= 0.3 is 0 Å². The molecule has 0 fully saturated rings. The third kappa shape index (κ3) is 3.22. The normalized spacial score (nSPS) is 11.5. The number of hydrogen-bond acceptors (Lipinski definition) is 6. The van der Waals surface area contributed by atoms with Gasteiger partial charge in [0.25, 0.3) is 5.56 Å². The molecule has 142 valence electrons. The van der Waals surface area contributed by atoms with Crippen LogP contribution in [0.1, 0.15) is 12.6 Å². The number of azo groups is 1. The molecule has 0 unspecified atom stereocenters. The van der Waals surface area contributed by atoms with Crippen molar-refractivity contribution in [2.24, 2.45) is 17.3 Å². The fourth-order valence-electron chi connectivity index (χ4n) is 2.95. The fourth-order valence-corrected chi connectivity index (χ4v) is 3.77. The van der Waals surface area contributed by atoms with Gasteiger partial charge in [-0.25, -0.2) is 9.67 Å². The average molecular weight is 393 g/mol. The van der Waals surface area contributed by atoms with Gasteiger partial charge in [-0.1, -0.05) is 29.5 Å². The molecule has 0 aliphatic heterocycles. The highest BCUT2D eigenvalue weighted by molar-refractivity contribution is 7.21. The van der Waals surface area contributed by atoms with E-state index in [0.29, 0.717) is 17.4 Å². The first kappa shape index (κ1) is 18.1. The van der Waals surface area contributed by atoms with Crippen molar-refractivity contribution >= 4 is 32.4 Å². The summed E-state index contributed by atoms with van der Waals surface area (Å²) in [6, 6.07) is 15.2. The van der Waals surface area contributed by atoms with E-state index in [0.717, 1.165) is 27.3 Å². The second kappa shape index (κ2) is 7.40. The van der Waals surface area contributed by atoms with Crippen LogP contribution in [-0.2, 0) is 7.05 Å². The Labute approximate surface area is 165 Å². The largest absolute Gasteiger partial charge is 0.494 e. The lowest BCUT2D eigenvalue weighted by Crippen LogP contribution is -2.19. The molecule has 7 nitrogen and oxygen atoms in total. The molecule has 0 atom stereocenters. The van der Waals surface area contributed by atoms with Crippen molar-refractivity contribution in [2.75, 3.05) is 6.61 Å². The Balaban J connectivity index is 1.70. The van der Waals surface area contributed by atoms with Gasteiger partial charge in [0.1, 0.15) is 5.75 Å². The van der Waals surface area contributed by atoms with Gasteiger partial charge in [-0.2, -0.15) is 0 Å². The number of para-hydroxylation sites is 1. The molecule has 0 bridgehead atoms. The summed E-state index contributed by atoms with van der Waals surface area (Å²) in [7, 11) is 1.83. The molecule has 28 heavy (non-hydrogen) atoms. The van der Waals surface area contributed by atoms with Crippen molar-refractivity contribution < 1.29 is 4.74 Å². The second-order valence-corrected chi connectivity index (χ2v) is 7.18. The number of thiazole rings is 1. The van der Waals surface area contributed by atoms with E-state index in [1.54, 1.807) is 9.36 Å². The minimum Gasteiger partial charge on any atom is -0.494 e. The standard InChI is InChI=1S/C20H19N5O2S/c1-4-27-15-10-11-16-17(12-15)28-20(21-16)23-22-18-13(2)24(3)25(19(18)26)14-8-6-5-7-9-14/h5-12H,4H2,1-3H3. The van der Waals surface area contributed by atoms with Gasteiger partial charge in [-0.15, -0.1) is 10.2 Å². The molecule has 0 spiro atoms. The molecule has 0 aliphatic carbocycles. The van der Waals surface area contributed by atoms with E-state index in [1.165, 1.54) is 11.3 Å². The fraction of sp³-hybridized carbons (Fsp3) is 0.200. The first-order valence-electron chi connectivity index (χ1n) is 8.87. The summed E-state index contributed by atoms with van der Waals surface area (Å²) >= 11 is 1.41. The lowest BCUT2D eigenvalue weighted by atomic mass is 10.3. The summed E-state index contributed by atoms with van der Waals surface area (Å²) in [6.07, 6.45) is 0. The zero-order valence-corrected chi connectivity index (χ0v) is 16.6. The maximum absolute atomic E-state index is 12.9. The summed E-state index contributed by atoms with van der Waals surface area (Å²) in [5.74, 6) is 0.798. The van der Waals surface area contributed by atoms with Crippen molar-refractivity contribution in [3.05, 3.63) is 64.6 Å². The minimum atomic E-state index is -0.213. The van der Waals surface area contributed by atoms with Gasteiger partial charge in [-0.05, 0) is 44.2 Å². The Morgan fingerprint density at radius 1 is 1.14 bits per heavy atom. The van der Waals surface area contributed by atoms with Crippen LogP contribution >= 0.6 is 11.3 Å². The zero-order valence-electron chi connectivity index (χ0n) is 15.8. The van der Waals surface area contributed by atoms with Crippen LogP contribution in [0.25, 0.3) is 15.9 Å². The Hall–Kier alpha value is -3.26. The minimum absolute atomic E-state index is 0.213. The highest BCUT2D eigenvalue weighted by Gasteiger charge is 2.16. The molecule has 0 radical (unpaired) electrons. The van der Waals surface area contributed by atoms with E-state index in [2.05, 4.69) is 15.2 Å². The van der Waals surface area contributed by atoms with E-state index >= 15 is 0 Å². The maximum Gasteiger partial charge on any atom is 0.299 e. The van der Waals surface area contributed by atoms with Gasteiger partial charge in [-0.3, -0.25) is 9.48 Å². The van der Waals surface area contributed by atoms with Crippen molar-refractivity contribution in [3.8, 4) is 11.4 Å². The van der Waals surface area contributed by atoms with E-state index < -0.39 is 0 Å². The van der Waals surface area contributed by atoms with Crippen LogP contribution in [0, 0.1) is 6.92 Å². The van der Waals surface area contributed by atoms with Crippen molar-refractivity contribution in [1.29, 1.82) is 0 Å². The van der Waals surface area contributed by atoms with Crippen LogP contribution in [0.5, 0.6) is 5.75 Å². The highest BCUT2D eigenvalue weighted by Crippen LogP contribution is 2.32. The average Bonchev–Trinajstić information content (AvgIpc) is 3.19. The molecular weight excluding hydrogens is 374 g/mol. The molecule has 8 heteroatoms. The Bertz CT molecular complexity index is 1220. The second-order valence-electron chi connectivity index (χ2n) is 6.17. The monoisotopic (exact) mass is 393 g/mol. The number of rotatable bonds is 5. The molecule has 4 aromatic rings. The molecule has 0 N–H and O–H groups in total. The molecule has 0 amide bonds. The maximum atomic E-state index is 12.9. The lowest BCUT2D eigenvalue weighted by molar-refractivity contribution is 0.341. The first-order chi connectivity index (χ1) is 13.6. The number of aromatic nitrogens is 3. The summed E-state index contributed by atoms with van der Waals surface area (Å²) < 4.78 is 9.84. The van der Waals surface area contributed by atoms with Gasteiger partial charge in [0.05, 0.1) is 28.2 Å². The van der Waals surface area contributed by atoms with Crippen LogP contribution in [0.4, 0.5) is 10.8 Å². The smallest absolute Gasteiger partial charge is 0.299 e. The molecule has 0 saturated heterocycles. The van der Waals surface area contributed by atoms with Gasteiger partial charge < -0.3 is 4.74 Å². The zero-order chi connectivity index (χ0) is 19.7. The molecular formula is C20H19N5O2S. The predicted molar refractivity (Wildman–Crippen MR) is 111 cm³/mol. The summed E-state index contributed by atoms with van der Waals surface area (Å²) in [6.45, 7) is 4.40. The highest BCUT2D eigenvalue weighted by atomic mass is 32.1. The van der Waals surface area contributed by atoms with E-state index in [4.69, 9.17) is 4.74 Å². The van der Waals surface area contributed by atoms with Crippen molar-refractivity contribution in [1.82, 2.24) is 14.3 Å². The number of nitrogens with zero attached hydrogens (tertiary/aromatic N) is 5. The predicted octanol–water partition coefficient (Wildman–Crippen LogP) is 4.91. The quantitative estimate of drug-likeness (QED) is 0.452. The Morgan fingerprint density at radius 2 is 1.93 bits per heavy atom. The molecule has 0 saturated carbocycles. The van der Waals surface area contributed by atoms with Crippen molar-refractivity contribution in [3.63, 3.8) is 0 Å². The summed E-state index contributed by atoms with van der Waals surface area (Å²) in [5.41, 5.74) is 2.43. The topological polar surface area (TPSA) is 73.8 Å². The van der Waals surface area contributed by atoms with Crippen LogP contribution in [-0.4, -0.2) is 21.0 Å². The van der Waals surface area contributed by atoms with E-state index in [1.807, 2.05) is 69.4 Å². The van der Waals surface area contributed by atoms with E-state index in [9.17, 15) is 4.79 Å². The molecule has 2 heterocycles.